The van der Waals surface area contributed by atoms with E-state index < -0.39 is 18.5 Å². The number of piperazine rings is 1. The number of amides is 2. The standard InChI is InChI=1S/C18H18F3N3O2S/c1-12-15(27-16(22-12)13-5-3-2-4-6-13)17(26)24-9-7-23(8-10-24)14(25)11-18(19,20)21/h2-6H,7-11H2,1H3. The molecule has 27 heavy (non-hydrogen) atoms. The highest BCUT2D eigenvalue weighted by Crippen LogP contribution is 2.29. The van der Waals surface area contributed by atoms with E-state index in [1.165, 1.54) is 11.3 Å². The van der Waals surface area contributed by atoms with Crippen molar-refractivity contribution >= 4 is 23.2 Å². The molecule has 2 amide bonds. The molecule has 1 aromatic heterocycles. The first-order chi connectivity index (χ1) is 12.7. The van der Waals surface area contributed by atoms with Gasteiger partial charge in [-0.2, -0.15) is 13.2 Å². The summed E-state index contributed by atoms with van der Waals surface area (Å²) in [5.41, 5.74) is 1.55. The van der Waals surface area contributed by atoms with E-state index in [0.717, 1.165) is 15.5 Å². The lowest BCUT2D eigenvalue weighted by molar-refractivity contribution is -0.162. The van der Waals surface area contributed by atoms with Crippen LogP contribution >= 0.6 is 11.3 Å². The van der Waals surface area contributed by atoms with Crippen molar-refractivity contribution in [3.8, 4) is 10.6 Å². The van der Waals surface area contributed by atoms with Crippen LogP contribution in [0.25, 0.3) is 10.6 Å². The Morgan fingerprint density at radius 2 is 1.67 bits per heavy atom. The minimum absolute atomic E-state index is 0.101. The molecule has 1 aromatic carbocycles. The molecule has 0 radical (unpaired) electrons. The summed E-state index contributed by atoms with van der Waals surface area (Å²) in [6.07, 6.45) is -5.98. The van der Waals surface area contributed by atoms with Gasteiger partial charge < -0.3 is 9.80 Å². The number of carbonyl (C=O) groups excluding carboxylic acids is 2. The Morgan fingerprint density at radius 1 is 1.07 bits per heavy atom. The van der Waals surface area contributed by atoms with Crippen LogP contribution in [-0.4, -0.2) is 59.0 Å². The predicted octanol–water partition coefficient (Wildman–Crippen LogP) is 3.36. The van der Waals surface area contributed by atoms with Crippen LogP contribution < -0.4 is 0 Å². The van der Waals surface area contributed by atoms with Crippen LogP contribution in [0.1, 0.15) is 21.8 Å². The van der Waals surface area contributed by atoms with Gasteiger partial charge in [0.2, 0.25) is 5.91 Å². The van der Waals surface area contributed by atoms with Gasteiger partial charge in [0, 0.05) is 31.7 Å². The Balaban J connectivity index is 1.65. The fourth-order valence-corrected chi connectivity index (χ4v) is 3.92. The molecule has 0 bridgehead atoms. The number of carbonyl (C=O) groups is 2. The molecule has 3 rings (SSSR count). The zero-order valence-corrected chi connectivity index (χ0v) is 15.4. The summed E-state index contributed by atoms with van der Waals surface area (Å²) in [6, 6.07) is 9.51. The lowest BCUT2D eigenvalue weighted by Gasteiger charge is -2.34. The SMILES string of the molecule is Cc1nc(-c2ccccc2)sc1C(=O)N1CCN(C(=O)CC(F)(F)F)CC1. The van der Waals surface area contributed by atoms with Crippen LogP contribution in [0.4, 0.5) is 13.2 Å². The van der Waals surface area contributed by atoms with Crippen LogP contribution in [-0.2, 0) is 4.79 Å². The number of halogens is 3. The molecule has 1 saturated heterocycles. The van der Waals surface area contributed by atoms with Gasteiger partial charge in [-0.25, -0.2) is 4.98 Å². The van der Waals surface area contributed by atoms with E-state index in [2.05, 4.69) is 4.98 Å². The van der Waals surface area contributed by atoms with Gasteiger partial charge in [0.05, 0.1) is 5.69 Å². The molecular weight excluding hydrogens is 379 g/mol. The van der Waals surface area contributed by atoms with E-state index in [0.29, 0.717) is 10.6 Å². The molecule has 1 fully saturated rings. The van der Waals surface area contributed by atoms with Gasteiger partial charge in [-0.3, -0.25) is 9.59 Å². The minimum atomic E-state index is -4.52. The van der Waals surface area contributed by atoms with E-state index in [-0.39, 0.29) is 32.1 Å². The molecule has 0 saturated carbocycles. The number of hydrogen-bond donors (Lipinski definition) is 0. The Morgan fingerprint density at radius 3 is 2.26 bits per heavy atom. The normalized spacial score (nSPS) is 15.1. The third kappa shape index (κ3) is 4.65. The maximum absolute atomic E-state index is 12.8. The fraction of sp³-hybridized carbons (Fsp3) is 0.389. The molecule has 144 valence electrons. The molecular formula is C18H18F3N3O2S. The lowest BCUT2D eigenvalue weighted by Crippen LogP contribution is -2.51. The highest BCUT2D eigenvalue weighted by Gasteiger charge is 2.35. The quantitative estimate of drug-likeness (QED) is 0.798. The van der Waals surface area contributed by atoms with Gasteiger partial charge in [-0.1, -0.05) is 30.3 Å². The number of aromatic nitrogens is 1. The molecule has 0 N–H and O–H groups in total. The van der Waals surface area contributed by atoms with E-state index in [4.69, 9.17) is 0 Å². The van der Waals surface area contributed by atoms with Gasteiger partial charge in [0.15, 0.2) is 0 Å². The highest BCUT2D eigenvalue weighted by molar-refractivity contribution is 7.17. The number of rotatable bonds is 3. The maximum atomic E-state index is 12.8. The second kappa shape index (κ2) is 7.67. The van der Waals surface area contributed by atoms with Gasteiger partial charge >= 0.3 is 6.18 Å². The van der Waals surface area contributed by atoms with Gasteiger partial charge in [-0.05, 0) is 6.92 Å². The highest BCUT2D eigenvalue weighted by atomic mass is 32.1. The monoisotopic (exact) mass is 397 g/mol. The lowest BCUT2D eigenvalue weighted by atomic mass is 10.2. The van der Waals surface area contributed by atoms with Crippen molar-refractivity contribution in [1.82, 2.24) is 14.8 Å². The first kappa shape index (κ1) is 19.3. The summed E-state index contributed by atoms with van der Waals surface area (Å²) in [6.45, 7) is 2.38. The number of alkyl halides is 3. The third-order valence-electron chi connectivity index (χ3n) is 4.28. The van der Waals surface area contributed by atoms with Gasteiger partial charge in [0.1, 0.15) is 16.3 Å². The van der Waals surface area contributed by atoms with Gasteiger partial charge in [-0.15, -0.1) is 11.3 Å². The summed E-state index contributed by atoms with van der Waals surface area (Å²) in [4.78, 5) is 32.2. The number of hydrogen-bond acceptors (Lipinski definition) is 4. The first-order valence-corrected chi connectivity index (χ1v) is 9.23. The number of thiazole rings is 1. The fourth-order valence-electron chi connectivity index (χ4n) is 2.88. The van der Waals surface area contributed by atoms with Gasteiger partial charge in [0.25, 0.3) is 5.91 Å². The summed E-state index contributed by atoms with van der Waals surface area (Å²) >= 11 is 1.30. The molecule has 9 heteroatoms. The summed E-state index contributed by atoms with van der Waals surface area (Å²) in [7, 11) is 0. The summed E-state index contributed by atoms with van der Waals surface area (Å²) in [5.74, 6) is -1.15. The second-order valence-corrected chi connectivity index (χ2v) is 7.26. The maximum Gasteiger partial charge on any atom is 0.397 e. The Labute approximate surface area is 158 Å². The molecule has 1 aliphatic rings. The molecule has 2 heterocycles. The summed E-state index contributed by atoms with van der Waals surface area (Å²) in [5, 5.41) is 0.746. The Kier molecular flexibility index (Phi) is 5.50. The smallest absolute Gasteiger partial charge is 0.339 e. The zero-order valence-electron chi connectivity index (χ0n) is 14.6. The number of benzene rings is 1. The molecule has 0 unspecified atom stereocenters. The third-order valence-corrected chi connectivity index (χ3v) is 5.48. The van der Waals surface area contributed by atoms with Crippen LogP contribution in [0.3, 0.4) is 0 Å². The van der Waals surface area contributed by atoms with E-state index >= 15 is 0 Å². The molecule has 5 nitrogen and oxygen atoms in total. The zero-order chi connectivity index (χ0) is 19.6. The van der Waals surface area contributed by atoms with Crippen molar-refractivity contribution in [3.05, 3.63) is 40.9 Å². The van der Waals surface area contributed by atoms with Crippen molar-refractivity contribution in [2.24, 2.45) is 0 Å². The van der Waals surface area contributed by atoms with Crippen molar-refractivity contribution in [2.75, 3.05) is 26.2 Å². The minimum Gasteiger partial charge on any atom is -0.339 e. The Hall–Kier alpha value is -2.42. The molecule has 0 aliphatic carbocycles. The van der Waals surface area contributed by atoms with Crippen LogP contribution in [0, 0.1) is 6.92 Å². The largest absolute Gasteiger partial charge is 0.397 e. The topological polar surface area (TPSA) is 53.5 Å². The Bertz CT molecular complexity index is 828. The van der Waals surface area contributed by atoms with Crippen molar-refractivity contribution in [3.63, 3.8) is 0 Å². The van der Waals surface area contributed by atoms with Crippen molar-refractivity contribution < 1.29 is 22.8 Å². The number of aryl methyl sites for hydroxylation is 1. The molecule has 2 aromatic rings. The molecule has 0 spiro atoms. The number of nitrogens with zero attached hydrogens (tertiary/aromatic N) is 3. The average Bonchev–Trinajstić information content (AvgIpc) is 3.02. The predicted molar refractivity (Wildman–Crippen MR) is 95.4 cm³/mol. The van der Waals surface area contributed by atoms with E-state index in [1.807, 2.05) is 30.3 Å². The van der Waals surface area contributed by atoms with Crippen LogP contribution in [0.2, 0.25) is 0 Å². The van der Waals surface area contributed by atoms with Crippen molar-refractivity contribution in [1.29, 1.82) is 0 Å². The molecule has 0 atom stereocenters. The van der Waals surface area contributed by atoms with Crippen LogP contribution in [0.15, 0.2) is 30.3 Å². The van der Waals surface area contributed by atoms with E-state index in [9.17, 15) is 22.8 Å². The van der Waals surface area contributed by atoms with Crippen molar-refractivity contribution in [2.45, 2.75) is 19.5 Å². The first-order valence-electron chi connectivity index (χ1n) is 8.41. The summed E-state index contributed by atoms with van der Waals surface area (Å²) < 4.78 is 37.1. The van der Waals surface area contributed by atoms with E-state index in [1.54, 1.807) is 11.8 Å². The second-order valence-electron chi connectivity index (χ2n) is 6.26. The van der Waals surface area contributed by atoms with Crippen LogP contribution in [0.5, 0.6) is 0 Å². The average molecular weight is 397 g/mol. The molecule has 1 aliphatic heterocycles.